The molecule has 1 aromatic carbocycles. The Hall–Kier alpha value is -1.88. The van der Waals surface area contributed by atoms with Gasteiger partial charge < -0.3 is 10.2 Å². The molecule has 154 valence electrons. The summed E-state index contributed by atoms with van der Waals surface area (Å²) in [6.07, 6.45) is 7.74. The van der Waals surface area contributed by atoms with Crippen molar-refractivity contribution >= 4 is 17.5 Å². The van der Waals surface area contributed by atoms with Gasteiger partial charge in [-0.1, -0.05) is 44.7 Å². The average molecular weight is 386 g/mol. The number of hydrogen-bond donors (Lipinski definition) is 1. The number of carbonyl (C=O) groups is 2. The number of benzene rings is 1. The maximum Gasteiger partial charge on any atom is 0.233 e. The molecular formula is C23H35N3O2. The van der Waals surface area contributed by atoms with Crippen molar-refractivity contribution < 1.29 is 9.59 Å². The first-order chi connectivity index (χ1) is 13.5. The fourth-order valence-corrected chi connectivity index (χ4v) is 4.72. The van der Waals surface area contributed by atoms with Crippen molar-refractivity contribution in [3.63, 3.8) is 0 Å². The van der Waals surface area contributed by atoms with E-state index >= 15 is 0 Å². The number of rotatable bonds is 6. The first kappa shape index (κ1) is 20.8. The molecule has 1 aliphatic heterocycles. The Morgan fingerprint density at radius 3 is 2.21 bits per heavy atom. The highest BCUT2D eigenvalue weighted by Crippen LogP contribution is 2.41. The van der Waals surface area contributed by atoms with Gasteiger partial charge in [-0.3, -0.25) is 14.5 Å². The van der Waals surface area contributed by atoms with Crippen molar-refractivity contribution in [3.8, 4) is 0 Å². The summed E-state index contributed by atoms with van der Waals surface area (Å²) in [4.78, 5) is 29.6. The Kier molecular flexibility index (Phi) is 7.11. The SMILES string of the molecule is CCCCN1CCN(C(=O)C2(c3ccc(NC(C)=O)cc3)CCCCC2)CC1. The average Bonchev–Trinajstić information content (AvgIpc) is 2.72. The van der Waals surface area contributed by atoms with Crippen LogP contribution in [0.4, 0.5) is 5.69 Å². The second-order valence-electron chi connectivity index (χ2n) is 8.39. The van der Waals surface area contributed by atoms with Gasteiger partial charge in [0.05, 0.1) is 5.41 Å². The summed E-state index contributed by atoms with van der Waals surface area (Å²) in [7, 11) is 0. The normalized spacial score (nSPS) is 20.0. The van der Waals surface area contributed by atoms with Gasteiger partial charge in [0.15, 0.2) is 0 Å². The molecule has 2 aliphatic rings. The van der Waals surface area contributed by atoms with Gasteiger partial charge in [0, 0.05) is 38.8 Å². The molecule has 2 amide bonds. The minimum atomic E-state index is -0.390. The minimum absolute atomic E-state index is 0.0721. The maximum absolute atomic E-state index is 13.7. The Labute approximate surface area is 169 Å². The van der Waals surface area contributed by atoms with Crippen molar-refractivity contribution in [1.82, 2.24) is 9.80 Å². The van der Waals surface area contributed by atoms with Crippen LogP contribution in [-0.4, -0.2) is 54.3 Å². The zero-order chi connectivity index (χ0) is 20.0. The van der Waals surface area contributed by atoms with Gasteiger partial charge in [0.2, 0.25) is 11.8 Å². The minimum Gasteiger partial charge on any atom is -0.339 e. The molecule has 3 rings (SSSR count). The van der Waals surface area contributed by atoms with E-state index in [1.807, 2.05) is 24.3 Å². The number of anilines is 1. The highest BCUT2D eigenvalue weighted by molar-refractivity contribution is 5.90. The van der Waals surface area contributed by atoms with E-state index < -0.39 is 5.41 Å². The fraction of sp³-hybridized carbons (Fsp3) is 0.652. The molecule has 0 radical (unpaired) electrons. The van der Waals surface area contributed by atoms with E-state index in [2.05, 4.69) is 22.0 Å². The largest absolute Gasteiger partial charge is 0.339 e. The molecule has 5 nitrogen and oxygen atoms in total. The number of piperazine rings is 1. The Morgan fingerprint density at radius 2 is 1.64 bits per heavy atom. The molecule has 0 atom stereocenters. The molecule has 0 spiro atoms. The van der Waals surface area contributed by atoms with Crippen molar-refractivity contribution in [2.24, 2.45) is 0 Å². The third-order valence-corrected chi connectivity index (χ3v) is 6.36. The van der Waals surface area contributed by atoms with Crippen LogP contribution in [0.1, 0.15) is 64.4 Å². The van der Waals surface area contributed by atoms with E-state index in [1.54, 1.807) is 0 Å². The van der Waals surface area contributed by atoms with E-state index in [1.165, 1.54) is 26.2 Å². The lowest BCUT2D eigenvalue weighted by molar-refractivity contribution is -0.140. The molecule has 0 aromatic heterocycles. The Balaban J connectivity index is 1.74. The summed E-state index contributed by atoms with van der Waals surface area (Å²) < 4.78 is 0. The lowest BCUT2D eigenvalue weighted by Gasteiger charge is -2.43. The third kappa shape index (κ3) is 4.75. The van der Waals surface area contributed by atoms with Crippen molar-refractivity contribution in [2.45, 2.75) is 64.2 Å². The Morgan fingerprint density at radius 1 is 1.00 bits per heavy atom. The Bertz CT molecular complexity index is 657. The van der Waals surface area contributed by atoms with Crippen LogP contribution in [0.25, 0.3) is 0 Å². The number of unbranched alkanes of at least 4 members (excludes halogenated alkanes) is 1. The van der Waals surface area contributed by atoms with E-state index in [9.17, 15) is 9.59 Å². The summed E-state index contributed by atoms with van der Waals surface area (Å²) in [6.45, 7) is 8.55. The lowest BCUT2D eigenvalue weighted by Crippen LogP contribution is -2.55. The summed E-state index contributed by atoms with van der Waals surface area (Å²) in [5, 5.41) is 2.82. The molecule has 1 saturated heterocycles. The molecule has 28 heavy (non-hydrogen) atoms. The van der Waals surface area contributed by atoms with E-state index in [4.69, 9.17) is 0 Å². The highest BCUT2D eigenvalue weighted by Gasteiger charge is 2.43. The molecule has 2 fully saturated rings. The molecule has 0 bridgehead atoms. The fourth-order valence-electron chi connectivity index (χ4n) is 4.72. The van der Waals surface area contributed by atoms with E-state index in [-0.39, 0.29) is 5.91 Å². The molecular weight excluding hydrogens is 350 g/mol. The predicted octanol–water partition coefficient (Wildman–Crippen LogP) is 3.79. The standard InChI is InChI=1S/C23H35N3O2/c1-3-4-14-25-15-17-26(18-16-25)22(28)23(12-6-5-7-13-23)20-8-10-21(11-9-20)24-19(2)27/h8-11H,3-7,12-18H2,1-2H3,(H,24,27). The summed E-state index contributed by atoms with van der Waals surface area (Å²) in [6, 6.07) is 7.96. The smallest absolute Gasteiger partial charge is 0.233 e. The van der Waals surface area contributed by atoms with Crippen molar-refractivity contribution in [3.05, 3.63) is 29.8 Å². The first-order valence-electron chi connectivity index (χ1n) is 10.9. The monoisotopic (exact) mass is 385 g/mol. The van der Waals surface area contributed by atoms with Gasteiger partial charge >= 0.3 is 0 Å². The zero-order valence-electron chi connectivity index (χ0n) is 17.5. The van der Waals surface area contributed by atoms with Crippen LogP contribution in [0, 0.1) is 0 Å². The van der Waals surface area contributed by atoms with Gasteiger partial charge in [0.25, 0.3) is 0 Å². The van der Waals surface area contributed by atoms with Crippen LogP contribution in [0.2, 0.25) is 0 Å². The van der Waals surface area contributed by atoms with Crippen molar-refractivity contribution in [1.29, 1.82) is 0 Å². The van der Waals surface area contributed by atoms with Crippen LogP contribution < -0.4 is 5.32 Å². The van der Waals surface area contributed by atoms with E-state index in [0.29, 0.717) is 5.91 Å². The van der Waals surface area contributed by atoms with Gasteiger partial charge in [-0.2, -0.15) is 0 Å². The molecule has 1 saturated carbocycles. The third-order valence-electron chi connectivity index (χ3n) is 6.36. The summed E-state index contributed by atoms with van der Waals surface area (Å²) >= 11 is 0. The lowest BCUT2D eigenvalue weighted by atomic mass is 9.68. The molecule has 1 aromatic rings. The number of carbonyl (C=O) groups excluding carboxylic acids is 2. The van der Waals surface area contributed by atoms with Gasteiger partial charge in [0.1, 0.15) is 0 Å². The van der Waals surface area contributed by atoms with Crippen LogP contribution in [0.15, 0.2) is 24.3 Å². The number of amides is 2. The second kappa shape index (κ2) is 9.55. The molecule has 1 heterocycles. The van der Waals surface area contributed by atoms with Crippen LogP contribution in [0.3, 0.4) is 0 Å². The van der Waals surface area contributed by atoms with Crippen molar-refractivity contribution in [2.75, 3.05) is 38.0 Å². The van der Waals surface area contributed by atoms with Crippen LogP contribution >= 0.6 is 0 Å². The van der Waals surface area contributed by atoms with Crippen LogP contribution in [0.5, 0.6) is 0 Å². The summed E-state index contributed by atoms with van der Waals surface area (Å²) in [5.74, 6) is 0.242. The van der Waals surface area contributed by atoms with Gasteiger partial charge in [-0.25, -0.2) is 0 Å². The summed E-state index contributed by atoms with van der Waals surface area (Å²) in [5.41, 5.74) is 1.51. The predicted molar refractivity (Wildman–Crippen MR) is 113 cm³/mol. The maximum atomic E-state index is 13.7. The first-order valence-corrected chi connectivity index (χ1v) is 10.9. The topological polar surface area (TPSA) is 52.6 Å². The number of hydrogen-bond acceptors (Lipinski definition) is 3. The quantitative estimate of drug-likeness (QED) is 0.810. The molecule has 1 N–H and O–H groups in total. The van der Waals surface area contributed by atoms with E-state index in [0.717, 1.165) is 69.7 Å². The van der Waals surface area contributed by atoms with Gasteiger partial charge in [-0.15, -0.1) is 0 Å². The van der Waals surface area contributed by atoms with Gasteiger partial charge in [-0.05, 0) is 43.5 Å². The zero-order valence-corrected chi connectivity index (χ0v) is 17.5. The van der Waals surface area contributed by atoms with Crippen LogP contribution in [-0.2, 0) is 15.0 Å². The molecule has 0 unspecified atom stereocenters. The molecule has 1 aliphatic carbocycles. The highest BCUT2D eigenvalue weighted by atomic mass is 16.2. The molecule has 5 heteroatoms. The second-order valence-corrected chi connectivity index (χ2v) is 8.39. The number of nitrogens with zero attached hydrogens (tertiary/aromatic N) is 2. The number of nitrogens with one attached hydrogen (secondary N) is 1.